The smallest absolute Gasteiger partial charge is 0.289 e. The van der Waals surface area contributed by atoms with Gasteiger partial charge in [0.25, 0.3) is 5.91 Å². The Labute approximate surface area is 67.2 Å². The molecule has 1 aliphatic heterocycles. The molecular weight excluding hydrogens is 164 g/mol. The lowest BCUT2D eigenvalue weighted by atomic mass is 10.1. The lowest BCUT2D eigenvalue weighted by Gasteiger charge is -2.07. The zero-order valence-corrected chi connectivity index (χ0v) is 5.97. The van der Waals surface area contributed by atoms with Crippen LogP contribution >= 0.6 is 0 Å². The first-order chi connectivity index (χ1) is 5.61. The molecule has 0 radical (unpaired) electrons. The summed E-state index contributed by atoms with van der Waals surface area (Å²) in [6, 6.07) is 2.46. The number of alkyl halides is 2. The minimum absolute atomic E-state index is 0.0579. The van der Waals surface area contributed by atoms with Crippen molar-refractivity contribution >= 4 is 5.91 Å². The molecule has 1 aromatic carbocycles. The fourth-order valence-corrected chi connectivity index (χ4v) is 1.23. The van der Waals surface area contributed by atoms with Crippen LogP contribution in [-0.4, -0.2) is 5.91 Å². The lowest BCUT2D eigenvalue weighted by molar-refractivity contribution is -0.0241. The number of carbonyl (C=O) groups is 1. The minimum atomic E-state index is -3.20. The molecule has 1 amide bonds. The fraction of sp³-hybridized carbons (Fsp3) is 0.125. The lowest BCUT2D eigenvalue weighted by Crippen LogP contribution is -2.29. The highest BCUT2D eigenvalue weighted by molar-refractivity contribution is 5.99. The van der Waals surface area contributed by atoms with E-state index in [4.69, 9.17) is 0 Å². The second-order valence-electron chi connectivity index (χ2n) is 2.57. The van der Waals surface area contributed by atoms with Crippen molar-refractivity contribution in [3.05, 3.63) is 35.4 Å². The molecule has 0 unspecified atom stereocenters. The highest BCUT2D eigenvalue weighted by atomic mass is 19.3. The topological polar surface area (TPSA) is 29.1 Å². The van der Waals surface area contributed by atoms with E-state index in [0.717, 1.165) is 0 Å². The van der Waals surface area contributed by atoms with Crippen molar-refractivity contribution in [3.63, 3.8) is 0 Å². The molecule has 0 fully saturated rings. The van der Waals surface area contributed by atoms with Crippen molar-refractivity contribution < 1.29 is 13.6 Å². The number of benzene rings is 1. The number of nitrogens with one attached hydrogen (secondary N) is 1. The number of halogens is 2. The van der Waals surface area contributed by atoms with E-state index in [2.05, 4.69) is 0 Å². The number of amides is 1. The van der Waals surface area contributed by atoms with Gasteiger partial charge in [-0.05, 0) is 6.07 Å². The maximum atomic E-state index is 12.9. The van der Waals surface area contributed by atoms with Crippen LogP contribution in [0.15, 0.2) is 24.3 Å². The van der Waals surface area contributed by atoms with Crippen molar-refractivity contribution in [2.24, 2.45) is 0 Å². The molecule has 12 heavy (non-hydrogen) atoms. The molecule has 1 heterocycles. The number of hydrogen-bond donors (Lipinski definition) is 1. The van der Waals surface area contributed by atoms with Gasteiger partial charge in [-0.3, -0.25) is 10.1 Å². The van der Waals surface area contributed by atoms with Crippen LogP contribution in [0.1, 0.15) is 15.9 Å². The molecule has 0 spiro atoms. The quantitative estimate of drug-likeness (QED) is 0.585. The van der Waals surface area contributed by atoms with Crippen LogP contribution in [0.2, 0.25) is 0 Å². The van der Waals surface area contributed by atoms with E-state index in [0.29, 0.717) is 0 Å². The number of rotatable bonds is 0. The molecule has 0 aromatic heterocycles. The first-order valence-corrected chi connectivity index (χ1v) is 3.41. The number of hydrogen-bond acceptors (Lipinski definition) is 1. The van der Waals surface area contributed by atoms with Crippen LogP contribution in [0.25, 0.3) is 0 Å². The summed E-state index contributed by atoms with van der Waals surface area (Å²) in [5.74, 6) is -0.712. The largest absolute Gasteiger partial charge is 0.353 e. The Bertz CT molecular complexity index is 349. The Balaban J connectivity index is 2.66. The Morgan fingerprint density at radius 2 is 1.92 bits per heavy atom. The van der Waals surface area contributed by atoms with Crippen molar-refractivity contribution in [1.29, 1.82) is 0 Å². The van der Waals surface area contributed by atoms with Gasteiger partial charge in [-0.25, -0.2) is 0 Å². The zero-order chi connectivity index (χ0) is 8.77. The van der Waals surface area contributed by atoms with Crippen LogP contribution in [0.4, 0.5) is 8.78 Å². The zero-order valence-electron chi connectivity index (χ0n) is 5.97. The average molecular weight is 169 g/mol. The molecule has 0 bridgehead atoms. The van der Waals surface area contributed by atoms with Crippen LogP contribution in [-0.2, 0) is 6.05 Å². The van der Waals surface area contributed by atoms with Gasteiger partial charge in [-0.2, -0.15) is 8.78 Å². The third-order valence-electron chi connectivity index (χ3n) is 1.78. The molecule has 0 atom stereocenters. The van der Waals surface area contributed by atoms with Crippen LogP contribution < -0.4 is 5.32 Å². The van der Waals surface area contributed by atoms with E-state index in [1.807, 2.05) is 0 Å². The van der Waals surface area contributed by atoms with Crippen LogP contribution in [0.3, 0.4) is 0 Å². The molecule has 0 aliphatic carbocycles. The minimum Gasteiger partial charge on any atom is -0.289 e. The van der Waals surface area contributed by atoms with Gasteiger partial charge in [0.15, 0.2) is 0 Å². The SMILES string of the molecule is O=C1NC(F)(F)c2ccccc21. The molecule has 1 aliphatic rings. The predicted octanol–water partition coefficient (Wildman–Crippen LogP) is 1.48. The fourth-order valence-electron chi connectivity index (χ4n) is 1.23. The van der Waals surface area contributed by atoms with Crippen molar-refractivity contribution in [2.75, 3.05) is 0 Å². The second kappa shape index (κ2) is 2.03. The van der Waals surface area contributed by atoms with Gasteiger partial charge < -0.3 is 0 Å². The highest BCUT2D eigenvalue weighted by Crippen LogP contribution is 2.33. The molecule has 4 heteroatoms. The summed E-state index contributed by atoms with van der Waals surface area (Å²) in [5.41, 5.74) is -0.183. The van der Waals surface area contributed by atoms with Gasteiger partial charge in [-0.15, -0.1) is 0 Å². The molecule has 0 saturated heterocycles. The van der Waals surface area contributed by atoms with Crippen LogP contribution in [0, 0.1) is 0 Å². The summed E-state index contributed by atoms with van der Waals surface area (Å²) in [6.45, 7) is 0. The van der Waals surface area contributed by atoms with Gasteiger partial charge in [0.2, 0.25) is 0 Å². The molecule has 62 valence electrons. The Hall–Kier alpha value is -1.45. The van der Waals surface area contributed by atoms with E-state index < -0.39 is 12.0 Å². The summed E-state index contributed by atoms with van der Waals surface area (Å²) < 4.78 is 25.7. The van der Waals surface area contributed by atoms with Crippen molar-refractivity contribution in [1.82, 2.24) is 5.32 Å². The van der Waals surface area contributed by atoms with E-state index in [1.165, 1.54) is 18.2 Å². The van der Waals surface area contributed by atoms with Gasteiger partial charge in [-0.1, -0.05) is 18.2 Å². The molecular formula is C8H5F2NO. The van der Waals surface area contributed by atoms with Gasteiger partial charge in [0.05, 0.1) is 11.1 Å². The first kappa shape index (κ1) is 7.21. The first-order valence-electron chi connectivity index (χ1n) is 3.41. The van der Waals surface area contributed by atoms with E-state index in [1.54, 1.807) is 11.4 Å². The molecule has 0 saturated carbocycles. The Morgan fingerprint density at radius 3 is 2.58 bits per heavy atom. The predicted molar refractivity (Wildman–Crippen MR) is 37.8 cm³/mol. The Kier molecular flexibility index (Phi) is 1.22. The number of fused-ring (bicyclic) bond motifs is 1. The molecule has 2 nitrogen and oxygen atoms in total. The normalized spacial score (nSPS) is 18.7. The summed E-state index contributed by atoms with van der Waals surface area (Å²) >= 11 is 0. The third kappa shape index (κ3) is 0.809. The summed E-state index contributed by atoms with van der Waals surface area (Å²) in [5, 5.41) is 1.59. The second-order valence-corrected chi connectivity index (χ2v) is 2.57. The van der Waals surface area contributed by atoms with Crippen molar-refractivity contribution in [2.45, 2.75) is 6.05 Å². The highest BCUT2D eigenvalue weighted by Gasteiger charge is 2.43. The maximum Gasteiger partial charge on any atom is 0.353 e. The maximum absolute atomic E-state index is 12.9. The van der Waals surface area contributed by atoms with Gasteiger partial charge in [0.1, 0.15) is 0 Å². The van der Waals surface area contributed by atoms with E-state index >= 15 is 0 Å². The molecule has 1 aromatic rings. The average Bonchev–Trinajstić information content (AvgIpc) is 2.25. The van der Waals surface area contributed by atoms with Crippen LogP contribution in [0.5, 0.6) is 0 Å². The van der Waals surface area contributed by atoms with Gasteiger partial charge in [0, 0.05) is 0 Å². The van der Waals surface area contributed by atoms with E-state index in [-0.39, 0.29) is 11.1 Å². The van der Waals surface area contributed by atoms with Crippen molar-refractivity contribution in [3.8, 4) is 0 Å². The van der Waals surface area contributed by atoms with E-state index in [9.17, 15) is 13.6 Å². The summed E-state index contributed by atoms with van der Waals surface area (Å²) in [6.07, 6.45) is 0. The molecule has 2 rings (SSSR count). The standard InChI is InChI=1S/C8H5F2NO/c9-8(10)6-4-2-1-3-5(6)7(12)11-8/h1-4H,(H,11,12). The summed E-state index contributed by atoms with van der Waals surface area (Å²) in [7, 11) is 0. The van der Waals surface area contributed by atoms with Gasteiger partial charge >= 0.3 is 6.05 Å². The monoisotopic (exact) mass is 169 g/mol. The molecule has 1 N–H and O–H groups in total. The Morgan fingerprint density at radius 1 is 1.25 bits per heavy atom. The number of carbonyl (C=O) groups excluding carboxylic acids is 1. The third-order valence-corrected chi connectivity index (χ3v) is 1.78. The summed E-state index contributed by atoms with van der Waals surface area (Å²) in [4.78, 5) is 10.9.